The summed E-state index contributed by atoms with van der Waals surface area (Å²) in [5.41, 5.74) is 0. The highest BCUT2D eigenvalue weighted by Gasteiger charge is 2.29. The maximum atomic E-state index is 11.4. The number of carbonyl (C=O) groups is 2. The molecule has 2 fully saturated rings. The second-order valence-electron chi connectivity index (χ2n) is 3.84. The molecule has 2 aliphatic rings. The largest absolute Gasteiger partial charge is 0.354 e. The molecule has 0 aromatic heterocycles. The van der Waals surface area contributed by atoms with Gasteiger partial charge in [-0.15, -0.1) is 0 Å². The minimum absolute atomic E-state index is 0.0283. The highest BCUT2D eigenvalue weighted by Crippen LogP contribution is 2.26. The summed E-state index contributed by atoms with van der Waals surface area (Å²) in [6.07, 6.45) is 3.64. The van der Waals surface area contributed by atoms with Gasteiger partial charge in [-0.3, -0.25) is 9.59 Å². The summed E-state index contributed by atoms with van der Waals surface area (Å²) in [6.45, 7) is 0.595. The van der Waals surface area contributed by atoms with E-state index in [1.54, 1.807) is 0 Å². The van der Waals surface area contributed by atoms with Crippen molar-refractivity contribution in [2.75, 3.05) is 6.54 Å². The van der Waals surface area contributed by atoms with Crippen molar-refractivity contribution in [2.24, 2.45) is 5.92 Å². The average Bonchev–Trinajstić information content (AvgIpc) is 2.31. The highest BCUT2D eigenvalue weighted by atomic mass is 16.2. The van der Waals surface area contributed by atoms with E-state index in [2.05, 4.69) is 10.6 Å². The first-order valence-electron chi connectivity index (χ1n) is 4.83. The normalized spacial score (nSPS) is 28.0. The van der Waals surface area contributed by atoms with Gasteiger partial charge in [-0.05, 0) is 12.8 Å². The molecule has 1 saturated heterocycles. The molecule has 4 heteroatoms. The summed E-state index contributed by atoms with van der Waals surface area (Å²) >= 11 is 0. The van der Waals surface area contributed by atoms with Gasteiger partial charge >= 0.3 is 0 Å². The number of hydrogen-bond donors (Lipinski definition) is 2. The van der Waals surface area contributed by atoms with Crippen molar-refractivity contribution in [3.8, 4) is 0 Å². The van der Waals surface area contributed by atoms with Gasteiger partial charge in [0.05, 0.1) is 6.04 Å². The first-order valence-corrected chi connectivity index (χ1v) is 4.83. The van der Waals surface area contributed by atoms with E-state index < -0.39 is 0 Å². The van der Waals surface area contributed by atoms with Crippen LogP contribution in [0.5, 0.6) is 0 Å². The Kier molecular flexibility index (Phi) is 2.20. The van der Waals surface area contributed by atoms with E-state index >= 15 is 0 Å². The molecule has 13 heavy (non-hydrogen) atoms. The lowest BCUT2D eigenvalue weighted by molar-refractivity contribution is -0.128. The Morgan fingerprint density at radius 2 is 2.23 bits per heavy atom. The van der Waals surface area contributed by atoms with E-state index in [1.807, 2.05) is 0 Å². The van der Waals surface area contributed by atoms with Gasteiger partial charge in [-0.2, -0.15) is 0 Å². The third-order valence-corrected chi connectivity index (χ3v) is 2.80. The van der Waals surface area contributed by atoms with Gasteiger partial charge in [-0.25, -0.2) is 0 Å². The molecule has 0 radical (unpaired) electrons. The fourth-order valence-corrected chi connectivity index (χ4v) is 1.70. The van der Waals surface area contributed by atoms with Crippen molar-refractivity contribution in [2.45, 2.75) is 31.7 Å². The van der Waals surface area contributed by atoms with Crippen LogP contribution >= 0.6 is 0 Å². The Labute approximate surface area is 77.1 Å². The number of hydrogen-bond acceptors (Lipinski definition) is 2. The molecule has 0 spiro atoms. The van der Waals surface area contributed by atoms with Crippen molar-refractivity contribution in [1.82, 2.24) is 10.6 Å². The van der Waals surface area contributed by atoms with Crippen LogP contribution in [0.15, 0.2) is 0 Å². The zero-order chi connectivity index (χ0) is 9.26. The molecule has 1 atom stereocenters. The highest BCUT2D eigenvalue weighted by molar-refractivity contribution is 5.83. The maximum absolute atomic E-state index is 11.4. The summed E-state index contributed by atoms with van der Waals surface area (Å²) in [5.74, 6) is 0.391. The number of nitrogens with one attached hydrogen (secondary N) is 2. The van der Waals surface area contributed by atoms with Crippen molar-refractivity contribution in [3.05, 3.63) is 0 Å². The monoisotopic (exact) mass is 182 g/mol. The molecule has 0 unspecified atom stereocenters. The Balaban J connectivity index is 1.77. The molecular weight excluding hydrogens is 168 g/mol. The topological polar surface area (TPSA) is 58.2 Å². The van der Waals surface area contributed by atoms with Crippen molar-refractivity contribution in [1.29, 1.82) is 0 Å². The standard InChI is InChI=1S/C9H14N2O2/c12-8-4-7(5-10-8)11-9(13)6-2-1-3-6/h6-7H,1-5H2,(H,10,12)(H,11,13)/t7-/m1/s1. The third-order valence-electron chi connectivity index (χ3n) is 2.80. The van der Waals surface area contributed by atoms with Crippen LogP contribution in [0.3, 0.4) is 0 Å². The lowest BCUT2D eigenvalue weighted by atomic mass is 9.84. The number of rotatable bonds is 2. The van der Waals surface area contributed by atoms with E-state index in [1.165, 1.54) is 6.42 Å². The Bertz CT molecular complexity index is 236. The minimum atomic E-state index is 0.0283. The second kappa shape index (κ2) is 3.36. The first-order chi connectivity index (χ1) is 6.25. The summed E-state index contributed by atoms with van der Waals surface area (Å²) < 4.78 is 0. The summed E-state index contributed by atoms with van der Waals surface area (Å²) in [6, 6.07) is 0.0283. The van der Waals surface area contributed by atoms with Gasteiger partial charge in [0.15, 0.2) is 0 Å². The van der Waals surface area contributed by atoms with Crippen LogP contribution in [0.25, 0.3) is 0 Å². The Hall–Kier alpha value is -1.06. The molecule has 72 valence electrons. The molecule has 2 N–H and O–H groups in total. The van der Waals surface area contributed by atoms with Crippen LogP contribution in [0.1, 0.15) is 25.7 Å². The molecule has 0 aromatic rings. The lowest BCUT2D eigenvalue weighted by Gasteiger charge is -2.25. The van der Waals surface area contributed by atoms with Crippen LogP contribution in [-0.2, 0) is 9.59 Å². The molecular formula is C9H14N2O2. The predicted octanol–water partition coefficient (Wildman–Crippen LogP) is -0.209. The molecule has 1 heterocycles. The van der Waals surface area contributed by atoms with Crippen LogP contribution in [0, 0.1) is 5.92 Å². The number of carbonyl (C=O) groups excluding carboxylic acids is 2. The lowest BCUT2D eigenvalue weighted by Crippen LogP contribution is -2.41. The summed E-state index contributed by atoms with van der Waals surface area (Å²) in [5, 5.41) is 5.59. The van der Waals surface area contributed by atoms with Gasteiger partial charge in [0, 0.05) is 18.9 Å². The quantitative estimate of drug-likeness (QED) is 0.621. The first kappa shape index (κ1) is 8.53. The Morgan fingerprint density at radius 3 is 2.69 bits per heavy atom. The van der Waals surface area contributed by atoms with Crippen LogP contribution in [0.4, 0.5) is 0 Å². The Morgan fingerprint density at radius 1 is 1.46 bits per heavy atom. The van der Waals surface area contributed by atoms with E-state index in [0.29, 0.717) is 13.0 Å². The fourth-order valence-electron chi connectivity index (χ4n) is 1.70. The van der Waals surface area contributed by atoms with E-state index in [-0.39, 0.29) is 23.8 Å². The predicted molar refractivity (Wildman–Crippen MR) is 46.9 cm³/mol. The smallest absolute Gasteiger partial charge is 0.223 e. The van der Waals surface area contributed by atoms with Crippen LogP contribution in [0.2, 0.25) is 0 Å². The molecule has 0 bridgehead atoms. The third kappa shape index (κ3) is 1.82. The maximum Gasteiger partial charge on any atom is 0.223 e. The molecule has 0 aromatic carbocycles. The van der Waals surface area contributed by atoms with Gasteiger partial charge in [-0.1, -0.05) is 6.42 Å². The van der Waals surface area contributed by atoms with Gasteiger partial charge in [0.1, 0.15) is 0 Å². The summed E-state index contributed by atoms with van der Waals surface area (Å²) in [4.78, 5) is 22.3. The van der Waals surface area contributed by atoms with Crippen molar-refractivity contribution in [3.63, 3.8) is 0 Å². The van der Waals surface area contributed by atoms with Gasteiger partial charge in [0.25, 0.3) is 0 Å². The fraction of sp³-hybridized carbons (Fsp3) is 0.778. The molecule has 1 aliphatic heterocycles. The SMILES string of the molecule is O=C1C[C@@H](NC(=O)C2CCC2)CN1. The minimum Gasteiger partial charge on any atom is -0.354 e. The molecule has 4 nitrogen and oxygen atoms in total. The zero-order valence-corrected chi connectivity index (χ0v) is 7.51. The molecule has 2 rings (SSSR count). The van der Waals surface area contributed by atoms with Crippen molar-refractivity contribution < 1.29 is 9.59 Å². The second-order valence-corrected chi connectivity index (χ2v) is 3.84. The molecule has 1 saturated carbocycles. The van der Waals surface area contributed by atoms with E-state index in [0.717, 1.165) is 12.8 Å². The average molecular weight is 182 g/mol. The van der Waals surface area contributed by atoms with Crippen molar-refractivity contribution >= 4 is 11.8 Å². The van der Waals surface area contributed by atoms with Crippen LogP contribution in [-0.4, -0.2) is 24.4 Å². The molecule has 1 aliphatic carbocycles. The van der Waals surface area contributed by atoms with Gasteiger partial charge < -0.3 is 10.6 Å². The van der Waals surface area contributed by atoms with E-state index in [4.69, 9.17) is 0 Å². The zero-order valence-electron chi connectivity index (χ0n) is 7.51. The number of amides is 2. The summed E-state index contributed by atoms with van der Waals surface area (Å²) in [7, 11) is 0. The van der Waals surface area contributed by atoms with Gasteiger partial charge in [0.2, 0.25) is 11.8 Å². The van der Waals surface area contributed by atoms with E-state index in [9.17, 15) is 9.59 Å². The van der Waals surface area contributed by atoms with Crippen LogP contribution < -0.4 is 10.6 Å². The molecule has 2 amide bonds.